The van der Waals surface area contributed by atoms with Crippen LogP contribution in [0.1, 0.15) is 11.3 Å². The van der Waals surface area contributed by atoms with Crippen molar-refractivity contribution in [3.8, 4) is 0 Å². The van der Waals surface area contributed by atoms with Crippen LogP contribution < -0.4 is 5.32 Å². The normalized spacial score (nSPS) is 11.4. The molecule has 0 saturated carbocycles. The van der Waals surface area contributed by atoms with Gasteiger partial charge in [-0.3, -0.25) is 9.89 Å². The van der Waals surface area contributed by atoms with Crippen molar-refractivity contribution in [1.29, 1.82) is 0 Å². The Balaban J connectivity index is 2.19. The smallest absolute Gasteiger partial charge is 0.325 e. The minimum absolute atomic E-state index is 0.158. The van der Waals surface area contributed by atoms with Crippen molar-refractivity contribution >= 4 is 11.6 Å². The molecule has 1 aromatic heterocycles. The van der Waals surface area contributed by atoms with Gasteiger partial charge in [0.2, 0.25) is 5.91 Å². The molecule has 0 bridgehead atoms. The Hall–Kier alpha value is -2.38. The lowest BCUT2D eigenvalue weighted by Gasteiger charge is -2.13. The molecule has 106 valence electrons. The van der Waals surface area contributed by atoms with Gasteiger partial charge in [0.05, 0.1) is 17.7 Å². The van der Waals surface area contributed by atoms with E-state index in [0.717, 1.165) is 12.1 Å². The van der Waals surface area contributed by atoms with E-state index in [4.69, 9.17) is 0 Å². The van der Waals surface area contributed by atoms with Gasteiger partial charge in [0.15, 0.2) is 0 Å². The number of hydrogen-bond donors (Lipinski definition) is 2. The molecule has 0 aliphatic heterocycles. The van der Waals surface area contributed by atoms with Gasteiger partial charge in [-0.1, -0.05) is 0 Å². The summed E-state index contributed by atoms with van der Waals surface area (Å²) in [7, 11) is 0. The summed E-state index contributed by atoms with van der Waals surface area (Å²) in [5.74, 6) is -1.68. The van der Waals surface area contributed by atoms with Gasteiger partial charge in [0.25, 0.3) is 0 Å². The number of carbonyl (C=O) groups is 1. The number of halogens is 4. The van der Waals surface area contributed by atoms with Crippen LogP contribution in [0.3, 0.4) is 0 Å². The third kappa shape index (κ3) is 3.34. The standard InChI is InChI=1S/C12H9F4N3O/c13-7-1-2-10(9(5-7)12(14,15)16)18-11(20)6-8-3-4-17-19-8/h1-5H,6H2,(H,17,19)(H,18,20). The molecule has 8 heteroatoms. The Morgan fingerprint density at radius 3 is 2.65 bits per heavy atom. The summed E-state index contributed by atoms with van der Waals surface area (Å²) in [6.07, 6.45) is -3.49. The molecule has 0 radical (unpaired) electrons. The van der Waals surface area contributed by atoms with E-state index in [0.29, 0.717) is 11.8 Å². The molecular formula is C12H9F4N3O. The highest BCUT2D eigenvalue weighted by Gasteiger charge is 2.34. The number of aromatic amines is 1. The molecule has 0 aliphatic rings. The van der Waals surface area contributed by atoms with Gasteiger partial charge in [-0.25, -0.2) is 4.39 Å². The molecule has 20 heavy (non-hydrogen) atoms. The number of anilines is 1. The molecular weight excluding hydrogens is 278 g/mol. The van der Waals surface area contributed by atoms with Crippen LogP contribution >= 0.6 is 0 Å². The van der Waals surface area contributed by atoms with Gasteiger partial charge in [-0.15, -0.1) is 0 Å². The minimum atomic E-state index is -4.75. The first-order chi connectivity index (χ1) is 9.36. The van der Waals surface area contributed by atoms with Crippen LogP contribution in [0.5, 0.6) is 0 Å². The maximum Gasteiger partial charge on any atom is 0.418 e. The van der Waals surface area contributed by atoms with Gasteiger partial charge in [0, 0.05) is 11.9 Å². The highest BCUT2D eigenvalue weighted by Crippen LogP contribution is 2.35. The van der Waals surface area contributed by atoms with Gasteiger partial charge < -0.3 is 5.32 Å². The second kappa shape index (κ2) is 5.32. The van der Waals surface area contributed by atoms with Gasteiger partial charge in [0.1, 0.15) is 5.82 Å². The molecule has 0 saturated heterocycles. The van der Waals surface area contributed by atoms with Crippen LogP contribution in [0.25, 0.3) is 0 Å². The lowest BCUT2D eigenvalue weighted by Crippen LogP contribution is -2.18. The number of nitrogens with one attached hydrogen (secondary N) is 2. The quantitative estimate of drug-likeness (QED) is 0.853. The number of alkyl halides is 3. The Bertz CT molecular complexity index is 608. The van der Waals surface area contributed by atoms with E-state index >= 15 is 0 Å². The summed E-state index contributed by atoms with van der Waals surface area (Å²) >= 11 is 0. The molecule has 0 fully saturated rings. The van der Waals surface area contributed by atoms with Crippen LogP contribution in [0.15, 0.2) is 30.5 Å². The van der Waals surface area contributed by atoms with E-state index in [1.807, 2.05) is 0 Å². The summed E-state index contributed by atoms with van der Waals surface area (Å²) in [4.78, 5) is 11.6. The van der Waals surface area contributed by atoms with Crippen LogP contribution in [0.2, 0.25) is 0 Å². The number of hydrogen-bond acceptors (Lipinski definition) is 2. The van der Waals surface area contributed by atoms with E-state index < -0.39 is 29.2 Å². The van der Waals surface area contributed by atoms with Gasteiger partial charge >= 0.3 is 6.18 Å². The summed E-state index contributed by atoms with van der Waals surface area (Å²) in [6.45, 7) is 0. The largest absolute Gasteiger partial charge is 0.418 e. The fourth-order valence-corrected chi connectivity index (χ4v) is 1.61. The summed E-state index contributed by atoms with van der Waals surface area (Å²) in [5.41, 5.74) is -1.25. The Kier molecular flexibility index (Phi) is 3.73. The predicted octanol–water partition coefficient (Wildman–Crippen LogP) is 2.75. The zero-order valence-electron chi connectivity index (χ0n) is 9.96. The number of nitrogens with zero attached hydrogens (tertiary/aromatic N) is 1. The van der Waals surface area contributed by atoms with Crippen molar-refractivity contribution in [1.82, 2.24) is 10.2 Å². The molecule has 0 aliphatic carbocycles. The Morgan fingerprint density at radius 2 is 2.05 bits per heavy atom. The van der Waals surface area contributed by atoms with Crippen LogP contribution in [-0.4, -0.2) is 16.1 Å². The third-order valence-electron chi connectivity index (χ3n) is 2.47. The van der Waals surface area contributed by atoms with E-state index in [1.54, 1.807) is 0 Å². The maximum absolute atomic E-state index is 12.9. The maximum atomic E-state index is 12.9. The highest BCUT2D eigenvalue weighted by atomic mass is 19.4. The topological polar surface area (TPSA) is 57.8 Å². The molecule has 2 N–H and O–H groups in total. The fraction of sp³-hybridized carbons (Fsp3) is 0.167. The number of carbonyl (C=O) groups excluding carboxylic acids is 1. The average molecular weight is 287 g/mol. The van der Waals surface area contributed by atoms with Gasteiger partial charge in [-0.05, 0) is 24.3 Å². The Morgan fingerprint density at radius 1 is 1.30 bits per heavy atom. The monoisotopic (exact) mass is 287 g/mol. The molecule has 0 unspecified atom stereocenters. The second-order valence-electron chi connectivity index (χ2n) is 3.99. The van der Waals surface area contributed by atoms with Crippen molar-refractivity contribution in [2.24, 2.45) is 0 Å². The number of rotatable bonds is 3. The van der Waals surface area contributed by atoms with Crippen molar-refractivity contribution in [3.63, 3.8) is 0 Å². The third-order valence-corrected chi connectivity index (χ3v) is 2.47. The SMILES string of the molecule is O=C(Cc1ccn[nH]1)Nc1ccc(F)cc1C(F)(F)F. The van der Waals surface area contributed by atoms with Crippen LogP contribution in [0, 0.1) is 5.82 Å². The molecule has 4 nitrogen and oxygen atoms in total. The summed E-state index contributed by atoms with van der Waals surface area (Å²) in [5, 5.41) is 8.24. The second-order valence-corrected chi connectivity index (χ2v) is 3.99. The molecule has 0 spiro atoms. The van der Waals surface area contributed by atoms with Crippen molar-refractivity contribution in [2.45, 2.75) is 12.6 Å². The molecule has 1 aromatic carbocycles. The van der Waals surface area contributed by atoms with E-state index in [-0.39, 0.29) is 6.42 Å². The zero-order valence-corrected chi connectivity index (χ0v) is 9.96. The first kappa shape index (κ1) is 14.0. The molecule has 2 rings (SSSR count). The zero-order chi connectivity index (χ0) is 14.8. The van der Waals surface area contributed by atoms with Gasteiger partial charge in [-0.2, -0.15) is 18.3 Å². The lowest BCUT2D eigenvalue weighted by molar-refractivity contribution is -0.137. The minimum Gasteiger partial charge on any atom is -0.325 e. The van der Waals surface area contributed by atoms with Crippen molar-refractivity contribution < 1.29 is 22.4 Å². The van der Waals surface area contributed by atoms with Crippen LogP contribution in [0.4, 0.5) is 23.2 Å². The summed E-state index contributed by atoms with van der Waals surface area (Å²) < 4.78 is 51.1. The van der Waals surface area contributed by atoms with Crippen molar-refractivity contribution in [3.05, 3.63) is 47.5 Å². The van der Waals surface area contributed by atoms with E-state index in [9.17, 15) is 22.4 Å². The number of benzene rings is 1. The number of amides is 1. The number of H-pyrrole nitrogens is 1. The van der Waals surface area contributed by atoms with Crippen LogP contribution in [-0.2, 0) is 17.4 Å². The molecule has 0 atom stereocenters. The van der Waals surface area contributed by atoms with Crippen molar-refractivity contribution in [2.75, 3.05) is 5.32 Å². The predicted molar refractivity (Wildman–Crippen MR) is 62.3 cm³/mol. The lowest BCUT2D eigenvalue weighted by atomic mass is 10.1. The van der Waals surface area contributed by atoms with E-state index in [2.05, 4.69) is 15.5 Å². The number of aromatic nitrogens is 2. The van der Waals surface area contributed by atoms with E-state index in [1.165, 1.54) is 12.3 Å². The first-order valence-electron chi connectivity index (χ1n) is 5.51. The molecule has 1 amide bonds. The molecule has 2 aromatic rings. The first-order valence-corrected chi connectivity index (χ1v) is 5.51. The Labute approximate surface area is 110 Å². The average Bonchev–Trinajstić information content (AvgIpc) is 2.82. The summed E-state index contributed by atoms with van der Waals surface area (Å²) in [6, 6.07) is 3.59. The highest BCUT2D eigenvalue weighted by molar-refractivity contribution is 5.92. The fourth-order valence-electron chi connectivity index (χ4n) is 1.61. The molecule has 1 heterocycles.